The fourth-order valence-electron chi connectivity index (χ4n) is 2.57. The summed E-state index contributed by atoms with van der Waals surface area (Å²) < 4.78 is 5.47. The largest absolute Gasteiger partial charge is 0.480 e. The molecule has 2 aromatic rings. The average Bonchev–Trinajstić information content (AvgIpc) is 3.08. The Hall–Kier alpha value is -2.36. The first-order chi connectivity index (χ1) is 10.7. The first-order valence-electron chi connectivity index (χ1n) is 7.63. The van der Waals surface area contributed by atoms with E-state index < -0.39 is 0 Å². The molecule has 0 unspecified atom stereocenters. The standard InChI is InChI=1S/C18H21N3O/c1-12(2)13-5-4-6-14(11-13)16-8-7-15(18(21-16)22-3)17-19-9-10-20-17/h4-8,11-12H,9-10H2,1-3H3,(H,19,20). The molecule has 1 aliphatic rings. The number of aromatic nitrogens is 1. The van der Waals surface area contributed by atoms with Gasteiger partial charge in [0.05, 0.1) is 24.9 Å². The summed E-state index contributed by atoms with van der Waals surface area (Å²) in [6.45, 7) is 6.06. The zero-order valence-electron chi connectivity index (χ0n) is 13.3. The van der Waals surface area contributed by atoms with Gasteiger partial charge in [-0.2, -0.15) is 0 Å². The molecule has 1 aliphatic heterocycles. The minimum absolute atomic E-state index is 0.498. The number of hydrogen-bond acceptors (Lipinski definition) is 4. The zero-order valence-corrected chi connectivity index (χ0v) is 13.3. The Balaban J connectivity index is 2.00. The van der Waals surface area contributed by atoms with Crippen LogP contribution in [0.3, 0.4) is 0 Å². The molecule has 0 saturated heterocycles. The van der Waals surface area contributed by atoms with Crippen LogP contribution in [0.25, 0.3) is 11.3 Å². The van der Waals surface area contributed by atoms with Crippen molar-refractivity contribution in [2.75, 3.05) is 20.2 Å². The minimum atomic E-state index is 0.498. The molecule has 0 saturated carbocycles. The van der Waals surface area contributed by atoms with E-state index in [0.29, 0.717) is 11.8 Å². The molecule has 0 atom stereocenters. The van der Waals surface area contributed by atoms with Crippen LogP contribution in [0.4, 0.5) is 0 Å². The van der Waals surface area contributed by atoms with Gasteiger partial charge >= 0.3 is 0 Å². The summed E-state index contributed by atoms with van der Waals surface area (Å²) in [5.74, 6) is 1.98. The van der Waals surface area contributed by atoms with Gasteiger partial charge in [-0.05, 0) is 29.7 Å². The first kappa shape index (κ1) is 14.6. The molecule has 1 N–H and O–H groups in total. The van der Waals surface area contributed by atoms with Gasteiger partial charge in [0.15, 0.2) is 0 Å². The van der Waals surface area contributed by atoms with E-state index in [1.54, 1.807) is 7.11 Å². The number of hydrogen-bond donors (Lipinski definition) is 1. The second kappa shape index (κ2) is 6.18. The quantitative estimate of drug-likeness (QED) is 0.942. The Kier molecular flexibility index (Phi) is 4.09. The smallest absolute Gasteiger partial charge is 0.224 e. The van der Waals surface area contributed by atoms with E-state index in [-0.39, 0.29) is 0 Å². The Morgan fingerprint density at radius 2 is 2.05 bits per heavy atom. The highest BCUT2D eigenvalue weighted by molar-refractivity contribution is 6.01. The van der Waals surface area contributed by atoms with Crippen molar-refractivity contribution in [1.29, 1.82) is 0 Å². The van der Waals surface area contributed by atoms with Crippen LogP contribution in [0.2, 0.25) is 0 Å². The SMILES string of the molecule is COc1nc(-c2cccc(C(C)C)c2)ccc1C1=NCCN1. The van der Waals surface area contributed by atoms with E-state index in [2.05, 4.69) is 53.4 Å². The minimum Gasteiger partial charge on any atom is -0.480 e. The van der Waals surface area contributed by atoms with E-state index in [1.165, 1.54) is 5.56 Å². The van der Waals surface area contributed by atoms with Crippen LogP contribution in [-0.2, 0) is 0 Å². The predicted molar refractivity (Wildman–Crippen MR) is 89.7 cm³/mol. The molecule has 22 heavy (non-hydrogen) atoms. The lowest BCUT2D eigenvalue weighted by Gasteiger charge is -2.11. The maximum Gasteiger partial charge on any atom is 0.224 e. The van der Waals surface area contributed by atoms with Crippen molar-refractivity contribution >= 4 is 5.84 Å². The molecule has 0 amide bonds. The van der Waals surface area contributed by atoms with Crippen molar-refractivity contribution in [3.05, 3.63) is 47.5 Å². The van der Waals surface area contributed by atoms with Crippen LogP contribution in [0.15, 0.2) is 41.4 Å². The lowest BCUT2D eigenvalue weighted by Crippen LogP contribution is -2.20. The van der Waals surface area contributed by atoms with Crippen LogP contribution in [0.5, 0.6) is 5.88 Å². The Morgan fingerprint density at radius 1 is 1.18 bits per heavy atom. The summed E-state index contributed by atoms with van der Waals surface area (Å²) in [7, 11) is 1.65. The molecular weight excluding hydrogens is 274 g/mol. The molecule has 114 valence electrons. The Labute approximate surface area is 131 Å². The van der Waals surface area contributed by atoms with E-state index in [0.717, 1.165) is 35.7 Å². The van der Waals surface area contributed by atoms with Crippen LogP contribution >= 0.6 is 0 Å². The van der Waals surface area contributed by atoms with Gasteiger partial charge < -0.3 is 10.1 Å². The maximum absolute atomic E-state index is 5.47. The molecule has 0 aliphatic carbocycles. The van der Waals surface area contributed by atoms with Crippen LogP contribution in [-0.4, -0.2) is 31.0 Å². The number of nitrogens with zero attached hydrogens (tertiary/aromatic N) is 2. The topological polar surface area (TPSA) is 46.5 Å². The molecule has 3 rings (SSSR count). The summed E-state index contributed by atoms with van der Waals surface area (Å²) in [4.78, 5) is 9.10. The summed E-state index contributed by atoms with van der Waals surface area (Å²) in [6, 6.07) is 12.6. The van der Waals surface area contributed by atoms with Gasteiger partial charge in [-0.25, -0.2) is 4.98 Å². The van der Waals surface area contributed by atoms with Gasteiger partial charge in [-0.15, -0.1) is 0 Å². The highest BCUT2D eigenvalue weighted by atomic mass is 16.5. The molecule has 0 bridgehead atoms. The van der Waals surface area contributed by atoms with Crippen molar-refractivity contribution in [3.63, 3.8) is 0 Å². The van der Waals surface area contributed by atoms with Crippen molar-refractivity contribution in [2.24, 2.45) is 4.99 Å². The zero-order chi connectivity index (χ0) is 15.5. The molecule has 0 spiro atoms. The molecular formula is C18H21N3O. The molecule has 1 aromatic heterocycles. The number of ether oxygens (including phenoxy) is 1. The summed E-state index contributed by atoms with van der Waals surface area (Å²) >= 11 is 0. The molecule has 4 nitrogen and oxygen atoms in total. The van der Waals surface area contributed by atoms with E-state index in [9.17, 15) is 0 Å². The fourth-order valence-corrected chi connectivity index (χ4v) is 2.57. The number of nitrogens with one attached hydrogen (secondary N) is 1. The predicted octanol–water partition coefficient (Wildman–Crippen LogP) is 3.23. The highest BCUT2D eigenvalue weighted by Crippen LogP contribution is 2.26. The maximum atomic E-state index is 5.47. The molecule has 0 radical (unpaired) electrons. The molecule has 0 fully saturated rings. The number of pyridine rings is 1. The van der Waals surface area contributed by atoms with Crippen molar-refractivity contribution < 1.29 is 4.74 Å². The number of amidine groups is 1. The summed E-state index contributed by atoms with van der Waals surface area (Å²) in [5.41, 5.74) is 4.26. The third-order valence-corrected chi connectivity index (χ3v) is 3.83. The lowest BCUT2D eigenvalue weighted by molar-refractivity contribution is 0.397. The monoisotopic (exact) mass is 295 g/mol. The lowest BCUT2D eigenvalue weighted by atomic mass is 9.99. The van der Waals surface area contributed by atoms with E-state index >= 15 is 0 Å². The number of methoxy groups -OCH3 is 1. The van der Waals surface area contributed by atoms with Gasteiger partial charge in [0.2, 0.25) is 5.88 Å². The fraction of sp³-hybridized carbons (Fsp3) is 0.333. The van der Waals surface area contributed by atoms with Gasteiger partial charge in [0.1, 0.15) is 5.84 Å². The number of benzene rings is 1. The third-order valence-electron chi connectivity index (χ3n) is 3.83. The van der Waals surface area contributed by atoms with Gasteiger partial charge in [-0.1, -0.05) is 32.0 Å². The Bertz CT molecular complexity index is 707. The van der Waals surface area contributed by atoms with Gasteiger partial charge in [0, 0.05) is 12.1 Å². The van der Waals surface area contributed by atoms with Crippen LogP contribution in [0, 0.1) is 0 Å². The van der Waals surface area contributed by atoms with E-state index in [4.69, 9.17) is 4.74 Å². The van der Waals surface area contributed by atoms with Crippen molar-refractivity contribution in [2.45, 2.75) is 19.8 Å². The molecule has 2 heterocycles. The van der Waals surface area contributed by atoms with E-state index in [1.807, 2.05) is 12.1 Å². The number of rotatable bonds is 4. The van der Waals surface area contributed by atoms with Crippen molar-refractivity contribution in [3.8, 4) is 17.1 Å². The van der Waals surface area contributed by atoms with Crippen LogP contribution < -0.4 is 10.1 Å². The number of aliphatic imine (C=N–C) groups is 1. The molecule has 4 heteroatoms. The summed E-state index contributed by atoms with van der Waals surface area (Å²) in [5, 5.41) is 3.26. The normalized spacial score (nSPS) is 13.9. The highest BCUT2D eigenvalue weighted by Gasteiger charge is 2.15. The second-order valence-corrected chi connectivity index (χ2v) is 5.69. The first-order valence-corrected chi connectivity index (χ1v) is 7.63. The van der Waals surface area contributed by atoms with Crippen molar-refractivity contribution in [1.82, 2.24) is 10.3 Å². The third kappa shape index (κ3) is 2.82. The Morgan fingerprint density at radius 3 is 2.73 bits per heavy atom. The van der Waals surface area contributed by atoms with Gasteiger partial charge in [-0.3, -0.25) is 4.99 Å². The molecule has 1 aromatic carbocycles. The summed E-state index contributed by atoms with van der Waals surface area (Å²) in [6.07, 6.45) is 0. The van der Waals surface area contributed by atoms with Gasteiger partial charge in [0.25, 0.3) is 0 Å². The second-order valence-electron chi connectivity index (χ2n) is 5.69. The van der Waals surface area contributed by atoms with Crippen LogP contribution in [0.1, 0.15) is 30.9 Å². The average molecular weight is 295 g/mol.